The zero-order chi connectivity index (χ0) is 24.7. The summed E-state index contributed by atoms with van der Waals surface area (Å²) in [4.78, 5) is 57.5. The van der Waals surface area contributed by atoms with Gasteiger partial charge in [-0.2, -0.15) is 0 Å². The number of esters is 4. The number of rotatable bonds is 8. The van der Waals surface area contributed by atoms with Crippen LogP contribution in [0.1, 0.15) is 27.7 Å². The van der Waals surface area contributed by atoms with Crippen LogP contribution in [0.25, 0.3) is 0 Å². The average Bonchev–Trinajstić information content (AvgIpc) is 2.70. The van der Waals surface area contributed by atoms with E-state index in [1.807, 2.05) is 0 Å². The molecule has 13 heteroatoms. The molecule has 1 aromatic carbocycles. The van der Waals surface area contributed by atoms with Gasteiger partial charge in [0, 0.05) is 44.7 Å². The van der Waals surface area contributed by atoms with Gasteiger partial charge in [0.25, 0.3) is 5.69 Å². The predicted octanol–water partition coefficient (Wildman–Crippen LogP) is 1.77. The largest absolute Gasteiger partial charge is 0.463 e. The molecule has 5 atom stereocenters. The van der Waals surface area contributed by atoms with Crippen LogP contribution in [0.5, 0.6) is 0 Å². The lowest BCUT2D eigenvalue weighted by Gasteiger charge is -2.44. The van der Waals surface area contributed by atoms with Crippen molar-refractivity contribution >= 4 is 41.3 Å². The SMILES string of the molecule is CC(=O)OC[C@H]1O[C@@H](Sc2ccc([N+](=O)[O-])cc2)[C@@H](OC(C)=O)[C@@H](OC(C)=O)[C@@H]1OC(C)=O. The van der Waals surface area contributed by atoms with E-state index < -0.39 is 58.7 Å². The molecule has 1 aromatic rings. The highest BCUT2D eigenvalue weighted by Crippen LogP contribution is 2.38. The number of hydrogen-bond acceptors (Lipinski definition) is 12. The minimum Gasteiger partial charge on any atom is -0.463 e. The summed E-state index contributed by atoms with van der Waals surface area (Å²) in [6.45, 7) is 4.24. The summed E-state index contributed by atoms with van der Waals surface area (Å²) < 4.78 is 27.0. The molecule has 1 saturated heterocycles. The number of benzene rings is 1. The van der Waals surface area contributed by atoms with Crippen molar-refractivity contribution in [2.24, 2.45) is 0 Å². The highest BCUT2D eigenvalue weighted by molar-refractivity contribution is 7.99. The summed E-state index contributed by atoms with van der Waals surface area (Å²) >= 11 is 1.03. The first kappa shape index (κ1) is 26.1. The fourth-order valence-electron chi connectivity index (χ4n) is 3.06. The summed E-state index contributed by atoms with van der Waals surface area (Å²) in [5, 5.41) is 10.9. The van der Waals surface area contributed by atoms with Gasteiger partial charge in [0.15, 0.2) is 18.3 Å². The number of nitro benzene ring substituents is 1. The van der Waals surface area contributed by atoms with E-state index in [1.165, 1.54) is 31.2 Å². The second kappa shape index (κ2) is 11.6. The molecule has 0 radical (unpaired) electrons. The molecule has 0 bridgehead atoms. The van der Waals surface area contributed by atoms with Crippen molar-refractivity contribution in [3.05, 3.63) is 34.4 Å². The molecule has 0 saturated carbocycles. The third-order valence-corrected chi connectivity index (χ3v) is 5.40. The third kappa shape index (κ3) is 7.71. The van der Waals surface area contributed by atoms with E-state index in [9.17, 15) is 29.3 Å². The van der Waals surface area contributed by atoms with E-state index >= 15 is 0 Å². The van der Waals surface area contributed by atoms with Gasteiger partial charge in [-0.3, -0.25) is 29.3 Å². The quantitative estimate of drug-likeness (QED) is 0.228. The first-order valence-corrected chi connectivity index (χ1v) is 10.6. The van der Waals surface area contributed by atoms with Crippen molar-refractivity contribution < 1.29 is 47.8 Å². The van der Waals surface area contributed by atoms with Crippen LogP contribution in [0, 0.1) is 10.1 Å². The van der Waals surface area contributed by atoms with Gasteiger partial charge in [0.05, 0.1) is 4.92 Å². The average molecular weight is 485 g/mol. The molecule has 0 unspecified atom stereocenters. The van der Waals surface area contributed by atoms with E-state index in [4.69, 9.17) is 23.7 Å². The Morgan fingerprint density at radius 2 is 1.39 bits per heavy atom. The molecule has 1 heterocycles. The number of non-ortho nitro benzene ring substituents is 1. The fourth-order valence-corrected chi connectivity index (χ4v) is 4.17. The molecule has 12 nitrogen and oxygen atoms in total. The molecule has 2 rings (SSSR count). The Kier molecular flexibility index (Phi) is 9.17. The Balaban J connectivity index is 2.43. The molecule has 1 aliphatic rings. The number of carbonyl (C=O) groups is 4. The Labute approximate surface area is 193 Å². The summed E-state index contributed by atoms with van der Waals surface area (Å²) in [5.41, 5.74) is -1.13. The van der Waals surface area contributed by atoms with Gasteiger partial charge < -0.3 is 23.7 Å². The van der Waals surface area contributed by atoms with Crippen LogP contribution in [0.4, 0.5) is 5.69 Å². The summed E-state index contributed by atoms with van der Waals surface area (Å²) in [6, 6.07) is 5.51. The first-order valence-electron chi connectivity index (χ1n) is 9.69. The minimum atomic E-state index is -1.28. The van der Waals surface area contributed by atoms with Crippen molar-refractivity contribution in [2.75, 3.05) is 6.61 Å². The van der Waals surface area contributed by atoms with Crippen LogP contribution in [-0.4, -0.2) is 65.3 Å². The molecule has 33 heavy (non-hydrogen) atoms. The maximum absolute atomic E-state index is 11.8. The Morgan fingerprint density at radius 3 is 1.88 bits per heavy atom. The number of hydrogen-bond donors (Lipinski definition) is 0. The lowest BCUT2D eigenvalue weighted by Crippen LogP contribution is -2.61. The number of nitrogens with zero attached hydrogens (tertiary/aromatic N) is 1. The van der Waals surface area contributed by atoms with E-state index in [1.54, 1.807) is 0 Å². The van der Waals surface area contributed by atoms with Gasteiger partial charge >= 0.3 is 23.9 Å². The Bertz CT molecular complexity index is 904. The van der Waals surface area contributed by atoms with Crippen LogP contribution in [0.3, 0.4) is 0 Å². The van der Waals surface area contributed by atoms with E-state index in [-0.39, 0.29) is 12.3 Å². The minimum absolute atomic E-state index is 0.124. The lowest BCUT2D eigenvalue weighted by molar-refractivity contribution is -0.384. The maximum atomic E-state index is 11.8. The second-order valence-corrected chi connectivity index (χ2v) is 8.11. The van der Waals surface area contributed by atoms with Crippen LogP contribution in [0.15, 0.2) is 29.2 Å². The second-order valence-electron chi connectivity index (χ2n) is 6.94. The molecule has 0 aromatic heterocycles. The smallest absolute Gasteiger partial charge is 0.303 e. The van der Waals surface area contributed by atoms with E-state index in [0.717, 1.165) is 32.5 Å². The van der Waals surface area contributed by atoms with Crippen molar-refractivity contribution in [2.45, 2.75) is 62.4 Å². The van der Waals surface area contributed by atoms with Crippen LogP contribution in [-0.2, 0) is 42.9 Å². The standard InChI is InChI=1S/C20H23NO11S/c1-10(22)28-9-16-17(29-11(2)23)18(30-12(3)24)19(31-13(4)25)20(32-16)33-15-7-5-14(6-8-15)21(26)27/h5-8,16-20H,9H2,1-4H3/t16-,17-,18+,19+,20+/m1/s1. The first-order chi connectivity index (χ1) is 15.5. The predicted molar refractivity (Wildman–Crippen MR) is 111 cm³/mol. The molecule has 180 valence electrons. The normalized spacial score (nSPS) is 24.3. The van der Waals surface area contributed by atoms with Gasteiger partial charge in [-0.05, 0) is 12.1 Å². The molecule has 0 spiro atoms. The Morgan fingerprint density at radius 1 is 0.879 bits per heavy atom. The molecule has 1 fully saturated rings. The molecule has 0 amide bonds. The van der Waals surface area contributed by atoms with Gasteiger partial charge in [0.2, 0.25) is 0 Å². The molecular formula is C20H23NO11S. The number of ether oxygens (including phenoxy) is 5. The lowest BCUT2D eigenvalue weighted by atomic mass is 9.99. The van der Waals surface area contributed by atoms with Crippen molar-refractivity contribution in [1.82, 2.24) is 0 Å². The van der Waals surface area contributed by atoms with Crippen LogP contribution < -0.4 is 0 Å². The molecule has 1 aliphatic heterocycles. The number of nitro groups is 1. The zero-order valence-electron chi connectivity index (χ0n) is 18.2. The van der Waals surface area contributed by atoms with Gasteiger partial charge in [-0.15, -0.1) is 0 Å². The van der Waals surface area contributed by atoms with E-state index in [0.29, 0.717) is 4.90 Å². The van der Waals surface area contributed by atoms with Gasteiger partial charge in [-0.25, -0.2) is 0 Å². The Hall–Kier alpha value is -3.19. The van der Waals surface area contributed by atoms with Crippen molar-refractivity contribution in [3.63, 3.8) is 0 Å². The zero-order valence-corrected chi connectivity index (χ0v) is 19.1. The van der Waals surface area contributed by atoms with E-state index in [2.05, 4.69) is 0 Å². The molecule has 0 aliphatic carbocycles. The van der Waals surface area contributed by atoms with Crippen molar-refractivity contribution in [1.29, 1.82) is 0 Å². The number of carbonyl (C=O) groups excluding carboxylic acids is 4. The van der Waals surface area contributed by atoms with Gasteiger partial charge in [-0.1, -0.05) is 11.8 Å². The van der Waals surface area contributed by atoms with Crippen LogP contribution in [0.2, 0.25) is 0 Å². The fraction of sp³-hybridized carbons (Fsp3) is 0.500. The third-order valence-electron chi connectivity index (χ3n) is 4.25. The monoisotopic (exact) mass is 485 g/mol. The number of thioether (sulfide) groups is 1. The van der Waals surface area contributed by atoms with Crippen LogP contribution >= 0.6 is 11.8 Å². The van der Waals surface area contributed by atoms with Crippen molar-refractivity contribution in [3.8, 4) is 0 Å². The summed E-state index contributed by atoms with van der Waals surface area (Å²) in [6.07, 6.45) is -4.81. The highest BCUT2D eigenvalue weighted by atomic mass is 32.2. The van der Waals surface area contributed by atoms with Gasteiger partial charge in [0.1, 0.15) is 18.1 Å². The summed E-state index contributed by atoms with van der Waals surface area (Å²) in [5.74, 6) is -2.79. The highest BCUT2D eigenvalue weighted by Gasteiger charge is 2.52. The topological polar surface area (TPSA) is 158 Å². The molecule has 0 N–H and O–H groups in total. The maximum Gasteiger partial charge on any atom is 0.303 e. The molecular weight excluding hydrogens is 462 g/mol. The summed E-state index contributed by atoms with van der Waals surface area (Å²) in [7, 11) is 0.